The van der Waals surface area contributed by atoms with Gasteiger partial charge in [-0.2, -0.15) is 0 Å². The molecular weight excluding hydrogens is 484 g/mol. The van der Waals surface area contributed by atoms with Crippen molar-refractivity contribution in [2.45, 2.75) is 38.9 Å². The van der Waals surface area contributed by atoms with E-state index in [1.54, 1.807) is 26.0 Å². The number of aromatic nitrogens is 3. The molecule has 1 aromatic carbocycles. The van der Waals surface area contributed by atoms with Gasteiger partial charge in [-0.25, -0.2) is 18.7 Å². The molecule has 37 heavy (non-hydrogen) atoms. The van der Waals surface area contributed by atoms with Gasteiger partial charge >= 0.3 is 0 Å². The fourth-order valence-electron chi connectivity index (χ4n) is 4.64. The molecule has 196 valence electrons. The first-order chi connectivity index (χ1) is 17.8. The molecule has 3 heterocycles. The number of nitrogens with zero attached hydrogens (tertiary/aromatic N) is 3. The molecule has 0 radical (unpaired) electrons. The molecule has 1 saturated heterocycles. The second-order valence-electron chi connectivity index (χ2n) is 9.72. The van der Waals surface area contributed by atoms with Gasteiger partial charge in [0.2, 0.25) is 5.91 Å². The molecule has 2 amide bonds. The van der Waals surface area contributed by atoms with Gasteiger partial charge in [0.25, 0.3) is 5.91 Å². The van der Waals surface area contributed by atoms with Crippen LogP contribution in [0.3, 0.4) is 0 Å². The highest BCUT2D eigenvalue weighted by Gasteiger charge is 2.37. The van der Waals surface area contributed by atoms with E-state index in [0.29, 0.717) is 35.0 Å². The average molecular weight is 514 g/mol. The number of likely N-dealkylation sites (tertiary alicyclic amines) is 1. The van der Waals surface area contributed by atoms with Gasteiger partial charge in [0.05, 0.1) is 35.8 Å². The van der Waals surface area contributed by atoms with Crippen molar-refractivity contribution in [3.8, 4) is 17.0 Å². The Labute approximate surface area is 212 Å². The summed E-state index contributed by atoms with van der Waals surface area (Å²) in [5.74, 6) is -0.500. The minimum absolute atomic E-state index is 0.0347. The molecule has 11 heteroatoms. The summed E-state index contributed by atoms with van der Waals surface area (Å²) >= 11 is 0. The van der Waals surface area contributed by atoms with E-state index in [9.17, 15) is 14.0 Å². The van der Waals surface area contributed by atoms with Crippen LogP contribution in [0.2, 0.25) is 0 Å². The summed E-state index contributed by atoms with van der Waals surface area (Å²) < 4.78 is 40.9. The maximum atomic E-state index is 15.4. The van der Waals surface area contributed by atoms with Crippen LogP contribution in [0.15, 0.2) is 18.5 Å². The highest BCUT2D eigenvalue weighted by atomic mass is 19.1. The number of carbonyl (C=O) groups is 2. The normalized spacial score (nSPS) is 19.4. The van der Waals surface area contributed by atoms with Crippen LogP contribution in [0.5, 0.6) is 5.75 Å². The lowest BCUT2D eigenvalue weighted by atomic mass is 10.0. The van der Waals surface area contributed by atoms with Crippen LogP contribution < -0.4 is 10.1 Å². The van der Waals surface area contributed by atoms with Gasteiger partial charge in [0.15, 0.2) is 0 Å². The molecule has 2 aliphatic rings. The molecule has 0 bridgehead atoms. The second kappa shape index (κ2) is 10.0. The summed E-state index contributed by atoms with van der Waals surface area (Å²) in [4.78, 5) is 38.4. The Kier molecular flexibility index (Phi) is 6.80. The molecule has 9 nitrogen and oxygen atoms in total. The maximum Gasteiger partial charge on any atom is 0.255 e. The fraction of sp³-hybridized carbons (Fsp3) is 0.462. The van der Waals surface area contributed by atoms with Gasteiger partial charge in [-0.1, -0.05) is 6.07 Å². The van der Waals surface area contributed by atoms with Gasteiger partial charge in [-0.05, 0) is 44.2 Å². The number of H-pyrrole nitrogens is 1. The van der Waals surface area contributed by atoms with Crippen LogP contribution >= 0.6 is 0 Å². The van der Waals surface area contributed by atoms with E-state index in [-0.39, 0.29) is 47.9 Å². The molecule has 1 aliphatic carbocycles. The number of halogens is 2. The lowest BCUT2D eigenvalue weighted by Gasteiger charge is -2.16. The SMILES string of the molecule is COCC(=O)N1CC(F)C(NC(=O)c2c(C)[nH]c3c(-c4c(OCC5CC5)ccc(C)c4F)ncnc23)C1. The zero-order valence-corrected chi connectivity index (χ0v) is 20.9. The minimum atomic E-state index is -1.42. The number of ether oxygens (including phenoxy) is 2. The van der Waals surface area contributed by atoms with Gasteiger partial charge in [0, 0.05) is 19.3 Å². The van der Waals surface area contributed by atoms with Crippen molar-refractivity contribution in [3.05, 3.63) is 41.1 Å². The number of hydrogen-bond acceptors (Lipinski definition) is 6. The first-order valence-electron chi connectivity index (χ1n) is 12.3. The number of alkyl halides is 1. The van der Waals surface area contributed by atoms with Crippen LogP contribution in [-0.2, 0) is 9.53 Å². The third-order valence-corrected chi connectivity index (χ3v) is 6.89. The predicted octanol–water partition coefficient (Wildman–Crippen LogP) is 3.09. The molecule has 1 aliphatic heterocycles. The summed E-state index contributed by atoms with van der Waals surface area (Å²) in [5.41, 5.74) is 2.27. The van der Waals surface area contributed by atoms with Crippen molar-refractivity contribution in [2.24, 2.45) is 5.92 Å². The molecule has 2 aromatic heterocycles. The molecule has 5 rings (SSSR count). The molecule has 0 spiro atoms. The van der Waals surface area contributed by atoms with Crippen molar-refractivity contribution < 1.29 is 27.8 Å². The number of nitrogens with one attached hydrogen (secondary N) is 2. The smallest absolute Gasteiger partial charge is 0.255 e. The molecule has 2 atom stereocenters. The van der Waals surface area contributed by atoms with Crippen molar-refractivity contribution >= 4 is 22.8 Å². The van der Waals surface area contributed by atoms with Crippen molar-refractivity contribution in [3.63, 3.8) is 0 Å². The first-order valence-corrected chi connectivity index (χ1v) is 12.3. The Balaban J connectivity index is 1.46. The van der Waals surface area contributed by atoms with Crippen LogP contribution in [-0.4, -0.2) is 77.3 Å². The van der Waals surface area contributed by atoms with Crippen LogP contribution in [0.4, 0.5) is 8.78 Å². The van der Waals surface area contributed by atoms with Crippen molar-refractivity contribution in [1.82, 2.24) is 25.2 Å². The summed E-state index contributed by atoms with van der Waals surface area (Å²) in [6, 6.07) is 2.51. The zero-order chi connectivity index (χ0) is 26.3. The number of carbonyl (C=O) groups excluding carboxylic acids is 2. The van der Waals surface area contributed by atoms with E-state index >= 15 is 4.39 Å². The van der Waals surface area contributed by atoms with E-state index in [1.807, 2.05) is 0 Å². The largest absolute Gasteiger partial charge is 0.492 e. The van der Waals surface area contributed by atoms with Gasteiger partial charge in [-0.3, -0.25) is 9.59 Å². The van der Waals surface area contributed by atoms with Crippen molar-refractivity contribution in [1.29, 1.82) is 0 Å². The molecule has 2 fully saturated rings. The standard InChI is InChI=1S/C26H29F2N5O4/c1-13-4-7-18(37-10-15-5-6-15)21(22(13)28)24-25-23(29-12-30-24)20(14(2)31-25)26(35)32-17-9-33(8-16(17)27)19(34)11-36-3/h4,7,12,15-17,31H,5-6,8-11H2,1-3H3,(H,32,35). The van der Waals surface area contributed by atoms with E-state index in [4.69, 9.17) is 9.47 Å². The molecule has 2 N–H and O–H groups in total. The number of aromatic amines is 1. The number of rotatable bonds is 8. The zero-order valence-electron chi connectivity index (χ0n) is 20.9. The van der Waals surface area contributed by atoms with Crippen LogP contribution in [0, 0.1) is 25.6 Å². The molecule has 3 aromatic rings. The maximum absolute atomic E-state index is 15.4. The quantitative estimate of drug-likeness (QED) is 0.479. The van der Waals surface area contributed by atoms with Gasteiger partial charge in [0.1, 0.15) is 41.9 Å². The second-order valence-corrected chi connectivity index (χ2v) is 9.72. The Morgan fingerprint density at radius 3 is 2.73 bits per heavy atom. The van der Waals surface area contributed by atoms with Crippen LogP contribution in [0.25, 0.3) is 22.3 Å². The van der Waals surface area contributed by atoms with E-state index < -0.39 is 23.9 Å². The highest BCUT2D eigenvalue weighted by Crippen LogP contribution is 2.39. The summed E-state index contributed by atoms with van der Waals surface area (Å²) in [6.45, 7) is 3.60. The number of benzene rings is 1. The topological polar surface area (TPSA) is 109 Å². The summed E-state index contributed by atoms with van der Waals surface area (Å²) in [5, 5.41) is 2.69. The summed E-state index contributed by atoms with van der Waals surface area (Å²) in [6.07, 6.45) is 2.03. The number of hydrogen-bond donors (Lipinski definition) is 2. The molecular formula is C26H29F2N5O4. The van der Waals surface area contributed by atoms with Crippen molar-refractivity contribution in [2.75, 3.05) is 33.4 Å². The van der Waals surface area contributed by atoms with E-state index in [1.165, 1.54) is 18.3 Å². The average Bonchev–Trinajstić information content (AvgIpc) is 3.53. The predicted molar refractivity (Wildman–Crippen MR) is 132 cm³/mol. The van der Waals surface area contributed by atoms with Gasteiger partial charge in [-0.15, -0.1) is 0 Å². The highest BCUT2D eigenvalue weighted by molar-refractivity contribution is 6.09. The lowest BCUT2D eigenvalue weighted by Crippen LogP contribution is -2.42. The fourth-order valence-corrected chi connectivity index (χ4v) is 4.64. The Bertz CT molecular complexity index is 1360. The number of methoxy groups -OCH3 is 1. The van der Waals surface area contributed by atoms with Crippen LogP contribution in [0.1, 0.15) is 34.5 Å². The van der Waals surface area contributed by atoms with Gasteiger partial charge < -0.3 is 24.7 Å². The number of aryl methyl sites for hydroxylation is 2. The Hall–Kier alpha value is -3.60. The van der Waals surface area contributed by atoms with E-state index in [2.05, 4.69) is 20.3 Å². The number of amides is 2. The third kappa shape index (κ3) is 4.87. The Morgan fingerprint density at radius 2 is 2.00 bits per heavy atom. The summed E-state index contributed by atoms with van der Waals surface area (Å²) in [7, 11) is 1.39. The van der Waals surface area contributed by atoms with E-state index in [0.717, 1.165) is 12.8 Å². The molecule has 1 saturated carbocycles. The Morgan fingerprint density at radius 1 is 1.22 bits per heavy atom. The monoisotopic (exact) mass is 513 g/mol. The lowest BCUT2D eigenvalue weighted by molar-refractivity contribution is -0.134. The third-order valence-electron chi connectivity index (χ3n) is 6.89. The number of fused-ring (bicyclic) bond motifs is 1. The minimum Gasteiger partial charge on any atom is -0.492 e. The first kappa shape index (κ1) is 25.1. The molecule has 2 unspecified atom stereocenters.